The van der Waals surface area contributed by atoms with Crippen molar-refractivity contribution in [2.24, 2.45) is 0 Å². The Bertz CT molecular complexity index is 3180. The van der Waals surface area contributed by atoms with Gasteiger partial charge in [0.1, 0.15) is 11.2 Å². The Morgan fingerprint density at radius 3 is 1.51 bits per heavy atom. The van der Waals surface area contributed by atoms with Crippen molar-refractivity contribution < 1.29 is 4.42 Å². The van der Waals surface area contributed by atoms with E-state index in [0.717, 1.165) is 22.2 Å². The summed E-state index contributed by atoms with van der Waals surface area (Å²) in [4.78, 5) is 0. The highest BCUT2D eigenvalue weighted by molar-refractivity contribution is 6.16. The van der Waals surface area contributed by atoms with E-state index in [1.807, 2.05) is 0 Å². The Morgan fingerprint density at radius 2 is 0.912 bits per heavy atom. The second-order valence-corrected chi connectivity index (χ2v) is 15.2. The lowest BCUT2D eigenvalue weighted by Crippen LogP contribution is -2.28. The monoisotopic (exact) mass is 725 g/mol. The highest BCUT2D eigenvalue weighted by Crippen LogP contribution is 2.59. The zero-order valence-electron chi connectivity index (χ0n) is 31.1. The Morgan fingerprint density at radius 1 is 0.368 bits per heavy atom. The van der Waals surface area contributed by atoms with E-state index < -0.39 is 5.41 Å². The van der Waals surface area contributed by atoms with Crippen molar-refractivity contribution in [2.45, 2.75) is 5.41 Å². The molecule has 57 heavy (non-hydrogen) atoms. The molecule has 0 radical (unpaired) electrons. The van der Waals surface area contributed by atoms with Crippen LogP contribution in [0.2, 0.25) is 0 Å². The van der Waals surface area contributed by atoms with Gasteiger partial charge in [0.25, 0.3) is 0 Å². The normalized spacial score (nSPS) is 13.1. The first-order valence-electron chi connectivity index (χ1n) is 19.7. The quantitative estimate of drug-likeness (QED) is 0.173. The third kappa shape index (κ3) is 4.59. The molecule has 12 rings (SSSR count). The molecule has 2 aromatic heterocycles. The van der Waals surface area contributed by atoms with Crippen LogP contribution in [0, 0.1) is 0 Å². The first kappa shape index (κ1) is 31.9. The number of fused-ring (bicyclic) bond motifs is 10. The molecule has 1 aliphatic carbocycles. The van der Waals surface area contributed by atoms with Gasteiger partial charge in [0.05, 0.1) is 16.4 Å². The molecule has 0 amide bonds. The minimum Gasteiger partial charge on any atom is -0.456 e. The first-order chi connectivity index (χ1) is 28.3. The van der Waals surface area contributed by atoms with Gasteiger partial charge in [-0.3, -0.25) is 0 Å². The van der Waals surface area contributed by atoms with Crippen LogP contribution in [0.25, 0.3) is 82.8 Å². The van der Waals surface area contributed by atoms with Gasteiger partial charge in [-0.2, -0.15) is 0 Å². The topological polar surface area (TPSA) is 18.1 Å². The van der Waals surface area contributed by atoms with E-state index in [-0.39, 0.29) is 0 Å². The summed E-state index contributed by atoms with van der Waals surface area (Å²) in [6, 6.07) is 77.6. The molecule has 9 aromatic carbocycles. The third-order valence-corrected chi connectivity index (χ3v) is 12.3. The van der Waals surface area contributed by atoms with E-state index >= 15 is 0 Å². The van der Waals surface area contributed by atoms with E-state index in [0.29, 0.717) is 0 Å². The summed E-state index contributed by atoms with van der Waals surface area (Å²) in [6.07, 6.45) is 0. The molecule has 0 unspecified atom stereocenters. The summed E-state index contributed by atoms with van der Waals surface area (Å²) in [6.45, 7) is 0. The van der Waals surface area contributed by atoms with Crippen LogP contribution in [0.3, 0.4) is 0 Å². The highest BCUT2D eigenvalue weighted by atomic mass is 16.3. The fourth-order valence-electron chi connectivity index (χ4n) is 9.84. The Balaban J connectivity index is 1.19. The predicted octanol–water partition coefficient (Wildman–Crippen LogP) is 14.4. The van der Waals surface area contributed by atoms with Crippen molar-refractivity contribution in [1.82, 2.24) is 4.57 Å². The van der Waals surface area contributed by atoms with Gasteiger partial charge in [0.15, 0.2) is 0 Å². The maximum absolute atomic E-state index is 6.53. The lowest BCUT2D eigenvalue weighted by Gasteiger charge is -2.34. The molecule has 11 aromatic rings. The molecule has 0 atom stereocenters. The number of hydrogen-bond donors (Lipinski definition) is 0. The van der Waals surface area contributed by atoms with Crippen molar-refractivity contribution in [2.75, 3.05) is 0 Å². The van der Waals surface area contributed by atoms with Gasteiger partial charge in [-0.1, -0.05) is 164 Å². The number of aromatic nitrogens is 1. The SMILES string of the molecule is c1ccc(-c2ccc3c(c2)c2cc(-c4ccccc4)ccc2n3-c2ccc3c(c2)C(c2ccccc2)(c2ccccc2)c2ccc4oc5ccccc5c4c2-3)cc1. The Hall–Kier alpha value is -7.42. The lowest BCUT2D eigenvalue weighted by atomic mass is 9.67. The highest BCUT2D eigenvalue weighted by Gasteiger charge is 2.47. The van der Waals surface area contributed by atoms with Crippen LogP contribution in [-0.2, 0) is 5.41 Å². The maximum Gasteiger partial charge on any atom is 0.136 e. The summed E-state index contributed by atoms with van der Waals surface area (Å²) in [5.74, 6) is 0. The molecule has 0 saturated carbocycles. The molecule has 0 spiro atoms. The van der Waals surface area contributed by atoms with Crippen LogP contribution in [0.5, 0.6) is 0 Å². The van der Waals surface area contributed by atoms with Crippen molar-refractivity contribution in [1.29, 1.82) is 0 Å². The number of nitrogens with zero attached hydrogens (tertiary/aromatic N) is 1. The fraction of sp³-hybridized carbons (Fsp3) is 0.0182. The van der Waals surface area contributed by atoms with E-state index in [1.165, 1.54) is 82.8 Å². The number of benzene rings is 9. The Labute approximate surface area is 330 Å². The van der Waals surface area contributed by atoms with Gasteiger partial charge >= 0.3 is 0 Å². The largest absolute Gasteiger partial charge is 0.456 e. The summed E-state index contributed by atoms with van der Waals surface area (Å²) in [7, 11) is 0. The first-order valence-corrected chi connectivity index (χ1v) is 19.7. The third-order valence-electron chi connectivity index (χ3n) is 12.3. The number of furan rings is 1. The minimum absolute atomic E-state index is 0.574. The minimum atomic E-state index is -0.574. The van der Waals surface area contributed by atoms with Gasteiger partial charge < -0.3 is 8.98 Å². The fourth-order valence-corrected chi connectivity index (χ4v) is 9.84. The molecule has 2 heteroatoms. The lowest BCUT2D eigenvalue weighted by molar-refractivity contribution is 0.668. The summed E-state index contributed by atoms with van der Waals surface area (Å²) in [5.41, 5.74) is 17.1. The summed E-state index contributed by atoms with van der Waals surface area (Å²) < 4.78 is 9.00. The summed E-state index contributed by atoms with van der Waals surface area (Å²) in [5, 5.41) is 4.78. The second-order valence-electron chi connectivity index (χ2n) is 15.2. The van der Waals surface area contributed by atoms with Crippen molar-refractivity contribution in [3.63, 3.8) is 0 Å². The van der Waals surface area contributed by atoms with Crippen LogP contribution in [0.1, 0.15) is 22.3 Å². The van der Waals surface area contributed by atoms with Gasteiger partial charge in [-0.05, 0) is 104 Å². The van der Waals surface area contributed by atoms with Crippen molar-refractivity contribution in [3.05, 3.63) is 235 Å². The maximum atomic E-state index is 6.53. The second kappa shape index (κ2) is 12.3. The van der Waals surface area contributed by atoms with E-state index in [9.17, 15) is 0 Å². The van der Waals surface area contributed by atoms with E-state index in [1.54, 1.807) is 0 Å². The average Bonchev–Trinajstić information content (AvgIpc) is 3.93. The predicted molar refractivity (Wildman–Crippen MR) is 236 cm³/mol. The molecule has 0 saturated heterocycles. The molecule has 2 nitrogen and oxygen atoms in total. The number of rotatable bonds is 5. The van der Waals surface area contributed by atoms with Crippen LogP contribution in [0.4, 0.5) is 0 Å². The van der Waals surface area contributed by atoms with Crippen LogP contribution in [0.15, 0.2) is 217 Å². The van der Waals surface area contributed by atoms with Crippen LogP contribution in [-0.4, -0.2) is 4.57 Å². The summed E-state index contributed by atoms with van der Waals surface area (Å²) >= 11 is 0. The van der Waals surface area contributed by atoms with Gasteiger partial charge in [-0.15, -0.1) is 0 Å². The van der Waals surface area contributed by atoms with E-state index in [4.69, 9.17) is 4.42 Å². The molecule has 2 heterocycles. The molecule has 0 fully saturated rings. The molecule has 0 N–H and O–H groups in total. The van der Waals surface area contributed by atoms with Crippen LogP contribution >= 0.6 is 0 Å². The van der Waals surface area contributed by atoms with Crippen LogP contribution < -0.4 is 0 Å². The zero-order chi connectivity index (χ0) is 37.5. The molecular weight excluding hydrogens is 691 g/mol. The Kier molecular flexibility index (Phi) is 6.88. The van der Waals surface area contributed by atoms with Gasteiger partial charge in [0.2, 0.25) is 0 Å². The zero-order valence-corrected chi connectivity index (χ0v) is 31.1. The number of hydrogen-bond acceptors (Lipinski definition) is 1. The smallest absolute Gasteiger partial charge is 0.136 e. The molecule has 0 aliphatic heterocycles. The average molecular weight is 726 g/mol. The standard InChI is InChI=1S/C55H35NO/c1-5-15-36(16-6-1)38-25-30-49-45(33-38)46-34-39(37-17-7-2-8-18-37)26-31-50(46)56(49)42-27-28-43-48(35-42)55(40-19-9-3-10-20-40,41-21-11-4-12-22-41)47-29-32-52-54(53(43)47)44-23-13-14-24-51(44)57-52/h1-35H. The molecular formula is C55H35NO. The molecule has 0 bridgehead atoms. The molecule has 1 aliphatic rings. The van der Waals surface area contributed by atoms with Crippen molar-refractivity contribution >= 4 is 43.7 Å². The van der Waals surface area contributed by atoms with E-state index in [2.05, 4.69) is 217 Å². The van der Waals surface area contributed by atoms with Gasteiger partial charge in [-0.25, -0.2) is 0 Å². The van der Waals surface area contributed by atoms with Gasteiger partial charge in [0, 0.05) is 27.2 Å². The molecule has 266 valence electrons. The number of para-hydroxylation sites is 1. The van der Waals surface area contributed by atoms with Crippen molar-refractivity contribution in [3.8, 4) is 39.1 Å².